The number of ether oxygens (including phenoxy) is 1. The molecular formula is C24H25N3O2. The summed E-state index contributed by atoms with van der Waals surface area (Å²) >= 11 is 0. The zero-order valence-corrected chi connectivity index (χ0v) is 16.8. The van der Waals surface area contributed by atoms with E-state index in [0.717, 1.165) is 42.9 Å². The van der Waals surface area contributed by atoms with E-state index in [1.807, 2.05) is 30.0 Å². The van der Waals surface area contributed by atoms with E-state index in [-0.39, 0.29) is 11.4 Å². The van der Waals surface area contributed by atoms with Crippen molar-refractivity contribution in [3.63, 3.8) is 0 Å². The van der Waals surface area contributed by atoms with Crippen LogP contribution in [0.15, 0.2) is 60.8 Å². The van der Waals surface area contributed by atoms with Gasteiger partial charge >= 0.3 is 0 Å². The summed E-state index contributed by atoms with van der Waals surface area (Å²) < 4.78 is 7.63. The van der Waals surface area contributed by atoms with Crippen molar-refractivity contribution in [2.45, 2.75) is 25.3 Å². The van der Waals surface area contributed by atoms with E-state index < -0.39 is 0 Å². The normalized spacial score (nSPS) is 16.7. The number of anilines is 1. The number of piperidine rings is 1. The van der Waals surface area contributed by atoms with Crippen LogP contribution in [-0.4, -0.2) is 35.6 Å². The van der Waals surface area contributed by atoms with E-state index in [1.54, 1.807) is 7.11 Å². The third kappa shape index (κ3) is 2.89. The van der Waals surface area contributed by atoms with Gasteiger partial charge in [0.25, 0.3) is 5.91 Å². The first-order chi connectivity index (χ1) is 14.1. The van der Waals surface area contributed by atoms with Crippen LogP contribution in [0.25, 0.3) is 5.69 Å². The molecule has 0 radical (unpaired) electrons. The van der Waals surface area contributed by atoms with Crippen LogP contribution < -0.4 is 10.1 Å². The second-order valence-corrected chi connectivity index (χ2v) is 8.02. The molecule has 1 amide bonds. The summed E-state index contributed by atoms with van der Waals surface area (Å²) in [6, 6.07) is 18.4. The molecule has 2 aromatic carbocycles. The Bertz CT molecular complexity index is 1080. The number of nitrogens with zero attached hydrogens (tertiary/aromatic N) is 2. The van der Waals surface area contributed by atoms with Crippen LogP contribution in [0.5, 0.6) is 5.75 Å². The molecule has 0 aliphatic carbocycles. The summed E-state index contributed by atoms with van der Waals surface area (Å²) in [6.45, 7) is 3.42. The number of aryl methyl sites for hydroxylation is 1. The average Bonchev–Trinajstić information content (AvgIpc) is 3.25. The van der Waals surface area contributed by atoms with Crippen LogP contribution in [0, 0.1) is 6.92 Å². The highest BCUT2D eigenvalue weighted by Gasteiger charge is 2.42. The largest absolute Gasteiger partial charge is 0.497 e. The Balaban J connectivity index is 1.40. The molecule has 1 aromatic heterocycles. The fraction of sp³-hybridized carbons (Fsp3) is 0.292. The van der Waals surface area contributed by atoms with Crippen molar-refractivity contribution in [3.05, 3.63) is 77.6 Å². The first-order valence-electron chi connectivity index (χ1n) is 10.1. The molecule has 5 heteroatoms. The van der Waals surface area contributed by atoms with Crippen LogP contribution in [-0.2, 0) is 5.54 Å². The van der Waals surface area contributed by atoms with E-state index in [2.05, 4.69) is 52.5 Å². The minimum atomic E-state index is -0.140. The first-order valence-corrected chi connectivity index (χ1v) is 10.1. The lowest BCUT2D eigenvalue weighted by Crippen LogP contribution is -2.51. The molecule has 0 bridgehead atoms. The lowest BCUT2D eigenvalue weighted by Gasteiger charge is -2.46. The van der Waals surface area contributed by atoms with E-state index in [4.69, 9.17) is 4.74 Å². The molecule has 2 aliphatic heterocycles. The van der Waals surface area contributed by atoms with Gasteiger partial charge in [-0.1, -0.05) is 12.1 Å². The Labute approximate surface area is 170 Å². The number of para-hydroxylation sites is 2. The molecule has 3 heterocycles. The molecule has 5 rings (SSSR count). The number of rotatable bonds is 2. The Morgan fingerprint density at radius 2 is 1.86 bits per heavy atom. The van der Waals surface area contributed by atoms with Crippen LogP contribution in [0.3, 0.4) is 0 Å². The molecule has 0 unspecified atom stereocenters. The molecule has 0 saturated carbocycles. The summed E-state index contributed by atoms with van der Waals surface area (Å²) in [7, 11) is 1.63. The second kappa shape index (κ2) is 6.69. The smallest absolute Gasteiger partial charge is 0.254 e. The average molecular weight is 387 g/mol. The molecule has 2 aliphatic rings. The molecule has 1 spiro atoms. The highest BCUT2D eigenvalue weighted by Crippen LogP contribution is 2.43. The summed E-state index contributed by atoms with van der Waals surface area (Å²) in [5, 5.41) is 3.80. The zero-order valence-electron chi connectivity index (χ0n) is 16.8. The lowest BCUT2D eigenvalue weighted by atomic mass is 9.82. The Morgan fingerprint density at radius 3 is 2.66 bits per heavy atom. The minimum absolute atomic E-state index is 0.0773. The van der Waals surface area contributed by atoms with Gasteiger partial charge in [0.2, 0.25) is 0 Å². The van der Waals surface area contributed by atoms with E-state index in [1.165, 1.54) is 11.4 Å². The van der Waals surface area contributed by atoms with Gasteiger partial charge in [0, 0.05) is 30.5 Å². The van der Waals surface area contributed by atoms with Crippen molar-refractivity contribution in [2.24, 2.45) is 0 Å². The summed E-state index contributed by atoms with van der Waals surface area (Å²) in [5.41, 5.74) is 5.20. The fourth-order valence-corrected chi connectivity index (χ4v) is 4.74. The van der Waals surface area contributed by atoms with E-state index in [0.29, 0.717) is 5.56 Å². The number of nitrogens with one attached hydrogen (secondary N) is 1. The Morgan fingerprint density at radius 1 is 1.07 bits per heavy atom. The van der Waals surface area contributed by atoms with Crippen LogP contribution in [0.1, 0.15) is 34.5 Å². The predicted molar refractivity (Wildman–Crippen MR) is 114 cm³/mol. The number of hydrogen-bond acceptors (Lipinski definition) is 3. The Hall–Kier alpha value is -3.21. The van der Waals surface area contributed by atoms with Crippen LogP contribution >= 0.6 is 0 Å². The third-order valence-electron chi connectivity index (χ3n) is 6.21. The standard InChI is InChI=1S/C24H25N3O2/c1-17-14-18(16-19(15-17)29-2)23(28)26-12-9-24(10-13-26)22-8-5-11-27(22)21-7-4-3-6-20(21)25-24/h3-8,11,14-16,25H,9-10,12-13H2,1-2H3. The SMILES string of the molecule is COc1cc(C)cc(C(=O)N2CCC3(CC2)Nc2ccccc2-n2cccc23)c1. The van der Waals surface area contributed by atoms with Gasteiger partial charge in [-0.3, -0.25) is 4.79 Å². The topological polar surface area (TPSA) is 46.5 Å². The fourth-order valence-electron chi connectivity index (χ4n) is 4.74. The maximum atomic E-state index is 13.1. The second-order valence-electron chi connectivity index (χ2n) is 8.02. The molecule has 29 heavy (non-hydrogen) atoms. The number of amides is 1. The van der Waals surface area contributed by atoms with Crippen LogP contribution in [0.4, 0.5) is 5.69 Å². The summed E-state index contributed by atoms with van der Waals surface area (Å²) in [6.07, 6.45) is 3.88. The highest BCUT2D eigenvalue weighted by molar-refractivity contribution is 5.95. The van der Waals surface area contributed by atoms with Gasteiger partial charge in [-0.05, 0) is 67.8 Å². The number of benzene rings is 2. The van der Waals surface area contributed by atoms with Gasteiger partial charge in [0.15, 0.2) is 0 Å². The number of fused-ring (bicyclic) bond motifs is 4. The van der Waals surface area contributed by atoms with Crippen LogP contribution in [0.2, 0.25) is 0 Å². The van der Waals surface area contributed by atoms with Gasteiger partial charge in [-0.2, -0.15) is 0 Å². The van der Waals surface area contributed by atoms with Gasteiger partial charge in [-0.25, -0.2) is 0 Å². The quantitative estimate of drug-likeness (QED) is 0.711. The molecule has 5 nitrogen and oxygen atoms in total. The lowest BCUT2D eigenvalue weighted by molar-refractivity contribution is 0.0676. The monoisotopic (exact) mass is 387 g/mol. The van der Waals surface area contributed by atoms with Gasteiger partial charge in [0.1, 0.15) is 5.75 Å². The Kier molecular flexibility index (Phi) is 4.12. The van der Waals surface area contributed by atoms with Gasteiger partial charge < -0.3 is 19.5 Å². The van der Waals surface area contributed by atoms with Crippen molar-refractivity contribution < 1.29 is 9.53 Å². The third-order valence-corrected chi connectivity index (χ3v) is 6.21. The summed E-state index contributed by atoms with van der Waals surface area (Å²) in [5.74, 6) is 0.804. The van der Waals surface area contributed by atoms with Crippen molar-refractivity contribution in [1.82, 2.24) is 9.47 Å². The van der Waals surface area contributed by atoms with Crippen molar-refractivity contribution in [2.75, 3.05) is 25.5 Å². The molecule has 148 valence electrons. The molecule has 3 aromatic rings. The molecular weight excluding hydrogens is 362 g/mol. The zero-order chi connectivity index (χ0) is 20.0. The maximum absolute atomic E-state index is 13.1. The number of carbonyl (C=O) groups excluding carboxylic acids is 1. The van der Waals surface area contributed by atoms with Crippen molar-refractivity contribution >= 4 is 11.6 Å². The van der Waals surface area contributed by atoms with E-state index >= 15 is 0 Å². The number of likely N-dealkylation sites (tertiary alicyclic amines) is 1. The number of hydrogen-bond donors (Lipinski definition) is 1. The first kappa shape index (κ1) is 17.9. The van der Waals surface area contributed by atoms with Gasteiger partial charge in [0.05, 0.1) is 24.0 Å². The number of carbonyl (C=O) groups is 1. The van der Waals surface area contributed by atoms with Crippen molar-refractivity contribution in [3.8, 4) is 11.4 Å². The summed E-state index contributed by atoms with van der Waals surface area (Å²) in [4.78, 5) is 15.1. The molecule has 1 fully saturated rings. The maximum Gasteiger partial charge on any atom is 0.254 e. The number of aromatic nitrogens is 1. The predicted octanol–water partition coefficient (Wildman–Crippen LogP) is 4.35. The molecule has 0 atom stereocenters. The molecule has 1 saturated heterocycles. The van der Waals surface area contributed by atoms with Crippen molar-refractivity contribution in [1.29, 1.82) is 0 Å². The van der Waals surface area contributed by atoms with E-state index in [9.17, 15) is 4.79 Å². The minimum Gasteiger partial charge on any atom is -0.497 e. The molecule has 1 N–H and O–H groups in total. The van der Waals surface area contributed by atoms with Gasteiger partial charge in [-0.15, -0.1) is 0 Å². The number of methoxy groups -OCH3 is 1. The highest BCUT2D eigenvalue weighted by atomic mass is 16.5.